The highest BCUT2D eigenvalue weighted by atomic mass is 16.5. The van der Waals surface area contributed by atoms with E-state index in [2.05, 4.69) is 0 Å². The first-order valence-electron chi connectivity index (χ1n) is 5.77. The van der Waals surface area contributed by atoms with E-state index in [4.69, 9.17) is 25.2 Å². The second-order valence-electron chi connectivity index (χ2n) is 3.64. The van der Waals surface area contributed by atoms with E-state index in [1.165, 1.54) is 0 Å². The molecule has 1 aromatic rings. The maximum absolute atomic E-state index is 8.81. The second kappa shape index (κ2) is 8.34. The molecular formula is C13H18N2O3. The van der Waals surface area contributed by atoms with Crippen LogP contribution in [0, 0.1) is 11.3 Å². The van der Waals surface area contributed by atoms with Crippen molar-refractivity contribution in [2.75, 3.05) is 39.3 Å². The van der Waals surface area contributed by atoms with E-state index in [1.807, 2.05) is 6.07 Å². The van der Waals surface area contributed by atoms with Crippen LogP contribution >= 0.6 is 0 Å². The number of methoxy groups -OCH3 is 1. The zero-order valence-corrected chi connectivity index (χ0v) is 10.5. The first-order valence-corrected chi connectivity index (χ1v) is 5.77. The lowest BCUT2D eigenvalue weighted by Gasteiger charge is -2.09. The highest BCUT2D eigenvalue weighted by molar-refractivity contribution is 5.62. The zero-order valence-electron chi connectivity index (χ0n) is 10.5. The molecule has 1 aromatic carbocycles. The molecule has 0 aliphatic carbocycles. The molecule has 0 heterocycles. The summed E-state index contributed by atoms with van der Waals surface area (Å²) in [7, 11) is 1.66. The Morgan fingerprint density at radius 3 is 2.78 bits per heavy atom. The largest absolute Gasteiger partial charge is 0.489 e. The Morgan fingerprint density at radius 1 is 1.22 bits per heavy atom. The summed E-state index contributed by atoms with van der Waals surface area (Å²) < 4.78 is 15.7. The van der Waals surface area contributed by atoms with Crippen LogP contribution in [-0.2, 0) is 9.47 Å². The van der Waals surface area contributed by atoms with Crippen molar-refractivity contribution in [2.45, 2.75) is 6.42 Å². The summed E-state index contributed by atoms with van der Waals surface area (Å²) in [5.41, 5.74) is 6.57. The average Bonchev–Trinajstić information content (AvgIpc) is 2.39. The molecule has 18 heavy (non-hydrogen) atoms. The van der Waals surface area contributed by atoms with E-state index in [0.717, 1.165) is 6.42 Å². The van der Waals surface area contributed by atoms with Crippen molar-refractivity contribution in [3.05, 3.63) is 23.8 Å². The van der Waals surface area contributed by atoms with Crippen LogP contribution in [0.5, 0.6) is 5.75 Å². The Morgan fingerprint density at radius 2 is 2.06 bits per heavy atom. The maximum atomic E-state index is 8.81. The molecule has 0 atom stereocenters. The average molecular weight is 250 g/mol. The summed E-state index contributed by atoms with van der Waals surface area (Å²) in [6.07, 6.45) is 0.864. The molecule has 0 aromatic heterocycles. The van der Waals surface area contributed by atoms with E-state index in [9.17, 15) is 0 Å². The predicted octanol–water partition coefficient (Wildman–Crippen LogP) is 1.57. The molecule has 0 fully saturated rings. The first kappa shape index (κ1) is 14.3. The highest BCUT2D eigenvalue weighted by Gasteiger charge is 2.04. The van der Waals surface area contributed by atoms with Gasteiger partial charge in [-0.2, -0.15) is 5.26 Å². The van der Waals surface area contributed by atoms with Crippen LogP contribution in [0.25, 0.3) is 0 Å². The number of nitriles is 1. The lowest BCUT2D eigenvalue weighted by molar-refractivity contribution is 0.0808. The summed E-state index contributed by atoms with van der Waals surface area (Å²) in [6, 6.07) is 7.14. The minimum Gasteiger partial charge on any atom is -0.489 e. The topological polar surface area (TPSA) is 77.5 Å². The molecular weight excluding hydrogens is 232 g/mol. The van der Waals surface area contributed by atoms with E-state index >= 15 is 0 Å². The van der Waals surface area contributed by atoms with Gasteiger partial charge in [0.05, 0.1) is 17.9 Å². The third kappa shape index (κ3) is 4.62. The van der Waals surface area contributed by atoms with Gasteiger partial charge in [0.2, 0.25) is 0 Å². The number of nitrogens with zero attached hydrogens (tertiary/aromatic N) is 1. The molecule has 5 nitrogen and oxygen atoms in total. The van der Waals surface area contributed by atoms with E-state index in [-0.39, 0.29) is 0 Å². The number of hydrogen-bond donors (Lipinski definition) is 1. The predicted molar refractivity (Wildman–Crippen MR) is 68.4 cm³/mol. The van der Waals surface area contributed by atoms with Gasteiger partial charge in [-0.3, -0.25) is 0 Å². The fourth-order valence-electron chi connectivity index (χ4n) is 1.39. The summed E-state index contributed by atoms with van der Waals surface area (Å²) in [5, 5.41) is 8.81. The van der Waals surface area contributed by atoms with E-state index in [0.29, 0.717) is 43.4 Å². The number of benzene rings is 1. The molecule has 0 saturated heterocycles. The van der Waals surface area contributed by atoms with Gasteiger partial charge in [-0.15, -0.1) is 0 Å². The van der Waals surface area contributed by atoms with Crippen molar-refractivity contribution < 1.29 is 14.2 Å². The van der Waals surface area contributed by atoms with Crippen molar-refractivity contribution >= 4 is 5.69 Å². The second-order valence-corrected chi connectivity index (χ2v) is 3.64. The van der Waals surface area contributed by atoms with Crippen LogP contribution < -0.4 is 10.5 Å². The molecule has 0 aliphatic heterocycles. The van der Waals surface area contributed by atoms with Gasteiger partial charge in [-0.05, 0) is 18.6 Å². The Kier molecular flexibility index (Phi) is 6.62. The monoisotopic (exact) mass is 250 g/mol. The van der Waals surface area contributed by atoms with Gasteiger partial charge in [0.1, 0.15) is 18.4 Å². The summed E-state index contributed by atoms with van der Waals surface area (Å²) in [6.45, 7) is 2.23. The smallest absolute Gasteiger partial charge is 0.143 e. The molecule has 0 amide bonds. The van der Waals surface area contributed by atoms with Gasteiger partial charge in [-0.25, -0.2) is 0 Å². The lowest BCUT2D eigenvalue weighted by Crippen LogP contribution is -2.09. The molecule has 2 N–H and O–H groups in total. The Bertz CT molecular complexity index is 402. The third-order valence-electron chi connectivity index (χ3n) is 2.31. The van der Waals surface area contributed by atoms with Gasteiger partial charge in [0.25, 0.3) is 0 Å². The molecule has 0 spiro atoms. The number of hydrogen-bond acceptors (Lipinski definition) is 5. The molecule has 1 rings (SSSR count). The van der Waals surface area contributed by atoms with Gasteiger partial charge < -0.3 is 19.9 Å². The SMILES string of the molecule is COCCCOCCOc1cccc(C#N)c1N. The van der Waals surface area contributed by atoms with Gasteiger partial charge in [0, 0.05) is 20.3 Å². The molecule has 0 aliphatic rings. The molecule has 0 saturated carbocycles. The third-order valence-corrected chi connectivity index (χ3v) is 2.31. The number of nitrogens with two attached hydrogens (primary N) is 1. The first-order chi connectivity index (χ1) is 8.79. The Hall–Kier alpha value is -1.77. The number of para-hydroxylation sites is 1. The maximum Gasteiger partial charge on any atom is 0.143 e. The quantitative estimate of drug-likeness (QED) is 0.559. The normalized spacial score (nSPS) is 10.0. The number of anilines is 1. The summed E-state index contributed by atoms with van der Waals surface area (Å²) >= 11 is 0. The van der Waals surface area contributed by atoms with Gasteiger partial charge in [-0.1, -0.05) is 6.07 Å². The van der Waals surface area contributed by atoms with Crippen molar-refractivity contribution in [1.29, 1.82) is 5.26 Å². The lowest BCUT2D eigenvalue weighted by atomic mass is 10.2. The molecule has 0 unspecified atom stereocenters. The van der Waals surface area contributed by atoms with Crippen molar-refractivity contribution in [3.63, 3.8) is 0 Å². The van der Waals surface area contributed by atoms with E-state index < -0.39 is 0 Å². The van der Waals surface area contributed by atoms with Crippen LogP contribution in [0.2, 0.25) is 0 Å². The van der Waals surface area contributed by atoms with E-state index in [1.54, 1.807) is 25.3 Å². The van der Waals surface area contributed by atoms with Crippen LogP contribution in [0.4, 0.5) is 5.69 Å². The Balaban J connectivity index is 2.26. The van der Waals surface area contributed by atoms with Crippen LogP contribution in [0.1, 0.15) is 12.0 Å². The van der Waals surface area contributed by atoms with Crippen molar-refractivity contribution in [2.24, 2.45) is 0 Å². The van der Waals surface area contributed by atoms with Crippen molar-refractivity contribution in [1.82, 2.24) is 0 Å². The highest BCUT2D eigenvalue weighted by Crippen LogP contribution is 2.24. The van der Waals surface area contributed by atoms with Crippen LogP contribution in [-0.4, -0.2) is 33.5 Å². The zero-order chi connectivity index (χ0) is 13.2. The molecule has 0 radical (unpaired) electrons. The van der Waals surface area contributed by atoms with Gasteiger partial charge >= 0.3 is 0 Å². The Labute approximate surface area is 107 Å². The van der Waals surface area contributed by atoms with Crippen LogP contribution in [0.15, 0.2) is 18.2 Å². The number of ether oxygens (including phenoxy) is 3. The molecule has 0 bridgehead atoms. The minimum atomic E-state index is 0.374. The molecule has 5 heteroatoms. The van der Waals surface area contributed by atoms with Crippen LogP contribution in [0.3, 0.4) is 0 Å². The fourth-order valence-corrected chi connectivity index (χ4v) is 1.39. The summed E-state index contributed by atoms with van der Waals surface area (Å²) in [4.78, 5) is 0. The number of nitrogen functional groups attached to an aromatic ring is 1. The van der Waals surface area contributed by atoms with Crippen molar-refractivity contribution in [3.8, 4) is 11.8 Å². The molecule has 98 valence electrons. The minimum absolute atomic E-state index is 0.374. The fraction of sp³-hybridized carbons (Fsp3) is 0.462. The van der Waals surface area contributed by atoms with Gasteiger partial charge in [0.15, 0.2) is 0 Å². The number of rotatable bonds is 8. The summed E-state index contributed by atoms with van der Waals surface area (Å²) in [5.74, 6) is 0.523. The standard InChI is InChI=1S/C13H18N2O3/c1-16-6-3-7-17-8-9-18-12-5-2-4-11(10-14)13(12)15/h2,4-5H,3,6-9,15H2,1H3.